The highest BCUT2D eigenvalue weighted by atomic mass is 32.2. The van der Waals surface area contributed by atoms with Gasteiger partial charge in [-0.1, -0.05) is 60.7 Å². The molecule has 8 nitrogen and oxygen atoms in total. The molecule has 2 fully saturated rings. The van der Waals surface area contributed by atoms with E-state index in [9.17, 15) is 9.59 Å². The number of piperazine rings is 1. The Kier molecular flexibility index (Phi) is 8.58. The molecule has 0 bridgehead atoms. The summed E-state index contributed by atoms with van der Waals surface area (Å²) in [4.78, 5) is 37.4. The lowest BCUT2D eigenvalue weighted by Gasteiger charge is -2.46. The van der Waals surface area contributed by atoms with Gasteiger partial charge in [0, 0.05) is 80.9 Å². The van der Waals surface area contributed by atoms with Crippen molar-refractivity contribution in [3.8, 4) is 0 Å². The van der Waals surface area contributed by atoms with Gasteiger partial charge in [-0.2, -0.15) is 11.8 Å². The molecule has 3 aromatic rings. The Hall–Kier alpha value is -3.69. The molecule has 2 amide bonds. The van der Waals surface area contributed by atoms with E-state index in [-0.39, 0.29) is 29.6 Å². The van der Waals surface area contributed by atoms with Crippen LogP contribution in [0, 0.1) is 5.41 Å². The van der Waals surface area contributed by atoms with Crippen LogP contribution in [0.5, 0.6) is 0 Å². The van der Waals surface area contributed by atoms with Crippen molar-refractivity contribution in [3.63, 3.8) is 0 Å². The Bertz CT molecular complexity index is 1260. The number of pyridine rings is 1. The highest BCUT2D eigenvalue weighted by Crippen LogP contribution is 2.33. The Balaban J connectivity index is 1.47. The van der Waals surface area contributed by atoms with Crippen molar-refractivity contribution in [2.45, 2.75) is 18.5 Å². The molecule has 0 aliphatic carbocycles. The van der Waals surface area contributed by atoms with Crippen molar-refractivity contribution in [1.29, 1.82) is 5.41 Å². The van der Waals surface area contributed by atoms with Gasteiger partial charge in [0.25, 0.3) is 5.91 Å². The summed E-state index contributed by atoms with van der Waals surface area (Å²) in [6, 6.07) is 20.5. The zero-order chi connectivity index (χ0) is 27.2. The number of carbonyl (C=O) groups excluding carboxylic acids is 2. The van der Waals surface area contributed by atoms with E-state index in [0.717, 1.165) is 41.9 Å². The lowest BCUT2D eigenvalue weighted by atomic mass is 9.93. The minimum atomic E-state index is -0.217. The summed E-state index contributed by atoms with van der Waals surface area (Å²) in [5.74, 6) is 1.83. The Morgan fingerprint density at radius 1 is 0.949 bits per heavy atom. The molecular formula is C30H34N6O2S. The molecule has 2 aromatic carbocycles. The van der Waals surface area contributed by atoms with Gasteiger partial charge in [0.05, 0.1) is 17.3 Å². The highest BCUT2D eigenvalue weighted by molar-refractivity contribution is 7.99. The summed E-state index contributed by atoms with van der Waals surface area (Å²) < 4.78 is 0. The number of nitrogens with one attached hydrogen (secondary N) is 1. The van der Waals surface area contributed by atoms with Crippen LogP contribution in [-0.4, -0.2) is 88.0 Å². The third kappa shape index (κ3) is 5.99. The van der Waals surface area contributed by atoms with E-state index in [1.165, 1.54) is 12.4 Å². The minimum absolute atomic E-state index is 0.0488. The van der Waals surface area contributed by atoms with Crippen LogP contribution in [0.2, 0.25) is 0 Å². The Morgan fingerprint density at radius 2 is 1.59 bits per heavy atom. The predicted octanol–water partition coefficient (Wildman–Crippen LogP) is 3.54. The molecule has 9 heteroatoms. The number of thioether (sulfide) groups is 1. The molecule has 39 heavy (non-hydrogen) atoms. The Labute approximate surface area is 233 Å². The lowest BCUT2D eigenvalue weighted by molar-refractivity contribution is -0.133. The van der Waals surface area contributed by atoms with Crippen LogP contribution >= 0.6 is 11.8 Å². The van der Waals surface area contributed by atoms with E-state index < -0.39 is 0 Å². The van der Waals surface area contributed by atoms with Crippen LogP contribution < -0.4 is 5.73 Å². The largest absolute Gasteiger partial charge is 0.397 e. The van der Waals surface area contributed by atoms with E-state index in [2.05, 4.69) is 34.1 Å². The molecule has 2 aliphatic heterocycles. The van der Waals surface area contributed by atoms with E-state index in [1.54, 1.807) is 4.90 Å². The second-order valence-corrected chi connectivity index (χ2v) is 11.1. The second-order valence-electron chi connectivity index (χ2n) is 9.90. The van der Waals surface area contributed by atoms with Gasteiger partial charge in [0.15, 0.2) is 0 Å². The first-order valence-corrected chi connectivity index (χ1v) is 14.5. The van der Waals surface area contributed by atoms with Crippen molar-refractivity contribution in [2.75, 3.05) is 50.0 Å². The number of carbonyl (C=O) groups is 2. The fraction of sp³-hybridized carbons (Fsp3) is 0.333. The molecule has 0 spiro atoms. The third-order valence-electron chi connectivity index (χ3n) is 7.56. The average Bonchev–Trinajstić information content (AvgIpc) is 2.99. The molecule has 1 aromatic heterocycles. The molecule has 3 N–H and O–H groups in total. The van der Waals surface area contributed by atoms with Gasteiger partial charge in [-0.25, -0.2) is 0 Å². The van der Waals surface area contributed by atoms with Crippen molar-refractivity contribution in [2.24, 2.45) is 0 Å². The molecule has 0 radical (unpaired) electrons. The monoisotopic (exact) mass is 542 g/mol. The van der Waals surface area contributed by atoms with Crippen LogP contribution in [-0.2, 0) is 4.79 Å². The van der Waals surface area contributed by atoms with E-state index in [4.69, 9.17) is 11.1 Å². The summed E-state index contributed by atoms with van der Waals surface area (Å²) in [7, 11) is 0. The number of aromatic nitrogens is 1. The fourth-order valence-electron chi connectivity index (χ4n) is 5.51. The maximum Gasteiger partial charge on any atom is 0.257 e. The fourth-order valence-corrected chi connectivity index (χ4v) is 6.41. The van der Waals surface area contributed by atoms with Crippen LogP contribution in [0.25, 0.3) is 0 Å². The normalized spacial score (nSPS) is 18.2. The number of amides is 2. The van der Waals surface area contributed by atoms with Gasteiger partial charge in [-0.3, -0.25) is 19.5 Å². The molecule has 2 saturated heterocycles. The summed E-state index contributed by atoms with van der Waals surface area (Å²) in [5.41, 5.74) is 9.52. The molecule has 2 aliphatic rings. The first-order valence-electron chi connectivity index (χ1n) is 13.3. The molecule has 3 heterocycles. The zero-order valence-corrected chi connectivity index (χ0v) is 22.7. The van der Waals surface area contributed by atoms with Crippen LogP contribution in [0.15, 0.2) is 73.1 Å². The number of nitrogen functional groups attached to an aromatic ring is 1. The maximum absolute atomic E-state index is 13.7. The van der Waals surface area contributed by atoms with Crippen molar-refractivity contribution in [3.05, 3.63) is 95.3 Å². The topological polar surface area (TPSA) is 107 Å². The van der Waals surface area contributed by atoms with E-state index in [1.807, 2.05) is 53.1 Å². The molecule has 1 atom stereocenters. The number of benzene rings is 2. The molecular weight excluding hydrogens is 508 g/mol. The summed E-state index contributed by atoms with van der Waals surface area (Å²) in [5, 5.41) is 7.59. The summed E-state index contributed by atoms with van der Waals surface area (Å²) in [6.45, 7) is 3.02. The maximum atomic E-state index is 13.7. The second kappa shape index (κ2) is 12.4. The van der Waals surface area contributed by atoms with Gasteiger partial charge in [-0.15, -0.1) is 0 Å². The van der Waals surface area contributed by atoms with Gasteiger partial charge >= 0.3 is 0 Å². The molecule has 0 unspecified atom stereocenters. The van der Waals surface area contributed by atoms with Crippen LogP contribution in [0.3, 0.4) is 0 Å². The number of rotatable bonds is 7. The number of anilines is 1. The highest BCUT2D eigenvalue weighted by Gasteiger charge is 2.37. The van der Waals surface area contributed by atoms with Gasteiger partial charge in [-0.05, 0) is 11.1 Å². The quantitative estimate of drug-likeness (QED) is 0.443. The Morgan fingerprint density at radius 3 is 2.21 bits per heavy atom. The summed E-state index contributed by atoms with van der Waals surface area (Å²) in [6.07, 6.45) is 4.40. The SMILES string of the molecule is N=Cc1cncc(C(=O)N2CCN(C(c3ccccc3)c3ccccc3)[C@H](CC(=O)N3CCSCC3)C2)c1N. The van der Waals surface area contributed by atoms with Gasteiger partial charge < -0.3 is 20.9 Å². The van der Waals surface area contributed by atoms with Crippen LogP contribution in [0.4, 0.5) is 5.69 Å². The van der Waals surface area contributed by atoms with E-state index in [0.29, 0.717) is 37.2 Å². The van der Waals surface area contributed by atoms with Gasteiger partial charge in [0.2, 0.25) is 5.91 Å². The smallest absolute Gasteiger partial charge is 0.257 e. The van der Waals surface area contributed by atoms with Crippen molar-refractivity contribution in [1.82, 2.24) is 19.7 Å². The predicted molar refractivity (Wildman–Crippen MR) is 156 cm³/mol. The van der Waals surface area contributed by atoms with Gasteiger partial charge in [0.1, 0.15) is 0 Å². The van der Waals surface area contributed by atoms with Crippen molar-refractivity contribution >= 4 is 35.5 Å². The number of hydrogen-bond donors (Lipinski definition) is 2. The minimum Gasteiger partial charge on any atom is -0.397 e. The number of nitrogens with two attached hydrogens (primary N) is 1. The van der Waals surface area contributed by atoms with Crippen LogP contribution in [0.1, 0.15) is 39.5 Å². The number of nitrogens with zero attached hydrogens (tertiary/aromatic N) is 4. The van der Waals surface area contributed by atoms with E-state index >= 15 is 0 Å². The molecule has 202 valence electrons. The van der Waals surface area contributed by atoms with Crippen molar-refractivity contribution < 1.29 is 9.59 Å². The molecule has 5 rings (SSSR count). The summed E-state index contributed by atoms with van der Waals surface area (Å²) >= 11 is 1.88. The third-order valence-corrected chi connectivity index (χ3v) is 8.50. The standard InChI is InChI=1S/C30H34N6O2S/c31-18-24-19-33-20-26(28(24)32)30(38)35-11-12-36(25(21-35)17-27(37)34-13-15-39-16-14-34)29(22-7-3-1-4-8-22)23-9-5-2-6-10-23/h1-10,18-20,25,29,31H,11-17,21H2,(H2,32,33)/t25-/m1/s1. The molecule has 0 saturated carbocycles. The average molecular weight is 543 g/mol. The first-order chi connectivity index (χ1) is 19.1. The first kappa shape index (κ1) is 26.9. The lowest BCUT2D eigenvalue weighted by Crippen LogP contribution is -2.57. The zero-order valence-electron chi connectivity index (χ0n) is 21.9. The number of hydrogen-bond acceptors (Lipinski definition) is 7.